The molecule has 5 heteroatoms. The molecule has 1 fully saturated rings. The second-order valence-electron chi connectivity index (χ2n) is 6.64. The third-order valence-corrected chi connectivity index (χ3v) is 4.68. The molecule has 0 unspecified atom stereocenters. The number of piperidine rings is 1. The Kier molecular flexibility index (Phi) is 5.64. The zero-order chi connectivity index (χ0) is 17.6. The average molecular weight is 341 g/mol. The Morgan fingerprint density at radius 3 is 2.88 bits per heavy atom. The van der Waals surface area contributed by atoms with Gasteiger partial charge >= 0.3 is 0 Å². The van der Waals surface area contributed by atoms with Crippen LogP contribution in [0.25, 0.3) is 0 Å². The van der Waals surface area contributed by atoms with Gasteiger partial charge in [0.15, 0.2) is 0 Å². The summed E-state index contributed by atoms with van der Waals surface area (Å²) in [5, 5.41) is 3.15. The van der Waals surface area contributed by atoms with Gasteiger partial charge in [0.25, 0.3) is 0 Å². The first-order valence-corrected chi connectivity index (χ1v) is 8.81. The number of nitrogens with zero attached hydrogens (tertiary/aromatic N) is 2. The molecule has 1 aromatic heterocycles. The van der Waals surface area contributed by atoms with Crippen LogP contribution in [0.2, 0.25) is 0 Å². The maximum Gasteiger partial charge on any atom is 0.220 e. The number of hydrogen-bond donors (Lipinski definition) is 1. The second-order valence-corrected chi connectivity index (χ2v) is 6.64. The lowest BCUT2D eigenvalue weighted by atomic mass is 10.0. The topological polar surface area (TPSA) is 45.2 Å². The van der Waals surface area contributed by atoms with E-state index in [2.05, 4.69) is 15.2 Å². The van der Waals surface area contributed by atoms with E-state index in [0.29, 0.717) is 6.42 Å². The summed E-state index contributed by atoms with van der Waals surface area (Å²) in [5.41, 5.74) is 3.11. The van der Waals surface area contributed by atoms with Crippen molar-refractivity contribution in [3.8, 4) is 0 Å². The van der Waals surface area contributed by atoms with Crippen LogP contribution in [0.15, 0.2) is 42.7 Å². The van der Waals surface area contributed by atoms with Crippen LogP contribution in [-0.4, -0.2) is 30.0 Å². The molecule has 1 aliphatic rings. The molecule has 3 rings (SSSR count). The molecule has 1 amide bonds. The predicted octanol–water partition coefficient (Wildman–Crippen LogP) is 3.25. The van der Waals surface area contributed by atoms with Gasteiger partial charge in [-0.25, -0.2) is 4.39 Å². The summed E-state index contributed by atoms with van der Waals surface area (Å²) >= 11 is 0. The summed E-state index contributed by atoms with van der Waals surface area (Å²) < 4.78 is 13.3. The molecular weight excluding hydrogens is 317 g/mol. The molecular formula is C20H24FN3O. The van der Waals surface area contributed by atoms with Gasteiger partial charge in [-0.05, 0) is 67.6 Å². The SMILES string of the molecule is Cc1cc(F)ccc1N1CCC[C@H](NC(=O)CCc2ccncc2)C1. The Morgan fingerprint density at radius 1 is 1.32 bits per heavy atom. The van der Waals surface area contributed by atoms with E-state index in [1.807, 2.05) is 25.1 Å². The van der Waals surface area contributed by atoms with E-state index in [1.54, 1.807) is 18.5 Å². The number of carbonyl (C=O) groups excluding carboxylic acids is 1. The molecule has 0 radical (unpaired) electrons. The number of nitrogens with one attached hydrogen (secondary N) is 1. The molecule has 0 aliphatic carbocycles. The number of aromatic nitrogens is 1. The van der Waals surface area contributed by atoms with Crippen LogP contribution in [-0.2, 0) is 11.2 Å². The number of benzene rings is 1. The van der Waals surface area contributed by atoms with Gasteiger partial charge in [0.1, 0.15) is 5.82 Å². The summed E-state index contributed by atoms with van der Waals surface area (Å²) in [7, 11) is 0. The Labute approximate surface area is 148 Å². The van der Waals surface area contributed by atoms with E-state index in [-0.39, 0.29) is 17.8 Å². The lowest BCUT2D eigenvalue weighted by Crippen LogP contribution is -2.48. The molecule has 2 heterocycles. The molecule has 0 saturated carbocycles. The molecule has 1 aromatic carbocycles. The Bertz CT molecular complexity index is 720. The van der Waals surface area contributed by atoms with Crippen LogP contribution in [0.3, 0.4) is 0 Å². The second kappa shape index (κ2) is 8.10. The number of halogens is 1. The fourth-order valence-electron chi connectivity index (χ4n) is 3.39. The Morgan fingerprint density at radius 2 is 2.12 bits per heavy atom. The van der Waals surface area contributed by atoms with Gasteiger partial charge in [-0.2, -0.15) is 0 Å². The van der Waals surface area contributed by atoms with Gasteiger partial charge in [-0.1, -0.05) is 0 Å². The maximum absolute atomic E-state index is 13.3. The molecule has 0 bridgehead atoms. The van der Waals surface area contributed by atoms with Gasteiger partial charge in [-0.15, -0.1) is 0 Å². The van der Waals surface area contributed by atoms with Crippen molar-refractivity contribution in [2.45, 2.75) is 38.6 Å². The lowest BCUT2D eigenvalue weighted by molar-refractivity contribution is -0.121. The number of rotatable bonds is 5. The first-order chi connectivity index (χ1) is 12.1. The Balaban J connectivity index is 1.53. The van der Waals surface area contributed by atoms with Crippen molar-refractivity contribution in [2.75, 3.05) is 18.0 Å². The summed E-state index contributed by atoms with van der Waals surface area (Å²) in [6.45, 7) is 3.64. The molecule has 1 N–H and O–H groups in total. The van der Waals surface area contributed by atoms with Gasteiger partial charge in [0.05, 0.1) is 0 Å². The normalized spacial score (nSPS) is 17.4. The molecule has 1 saturated heterocycles. The minimum atomic E-state index is -0.209. The molecule has 25 heavy (non-hydrogen) atoms. The maximum atomic E-state index is 13.3. The number of pyridine rings is 1. The number of aryl methyl sites for hydroxylation is 2. The predicted molar refractivity (Wildman–Crippen MR) is 97.1 cm³/mol. The summed E-state index contributed by atoms with van der Waals surface area (Å²) in [6.07, 6.45) is 6.70. The van der Waals surface area contributed by atoms with Crippen LogP contribution in [0.4, 0.5) is 10.1 Å². The Hall–Kier alpha value is -2.43. The zero-order valence-electron chi connectivity index (χ0n) is 14.5. The van der Waals surface area contributed by atoms with Gasteiger partial charge in [0.2, 0.25) is 5.91 Å². The van der Waals surface area contributed by atoms with Crippen LogP contribution >= 0.6 is 0 Å². The van der Waals surface area contributed by atoms with E-state index < -0.39 is 0 Å². The minimum Gasteiger partial charge on any atom is -0.369 e. The van der Waals surface area contributed by atoms with Crippen molar-refractivity contribution in [3.63, 3.8) is 0 Å². The van der Waals surface area contributed by atoms with E-state index in [4.69, 9.17) is 0 Å². The van der Waals surface area contributed by atoms with Crippen molar-refractivity contribution in [1.82, 2.24) is 10.3 Å². The zero-order valence-corrected chi connectivity index (χ0v) is 14.5. The molecule has 4 nitrogen and oxygen atoms in total. The highest BCUT2D eigenvalue weighted by Crippen LogP contribution is 2.24. The lowest BCUT2D eigenvalue weighted by Gasteiger charge is -2.35. The van der Waals surface area contributed by atoms with E-state index >= 15 is 0 Å². The highest BCUT2D eigenvalue weighted by Gasteiger charge is 2.22. The number of hydrogen-bond acceptors (Lipinski definition) is 3. The number of carbonyl (C=O) groups is 1. The van der Waals surface area contributed by atoms with Crippen LogP contribution in [0.1, 0.15) is 30.4 Å². The molecule has 1 aliphatic heterocycles. The first-order valence-electron chi connectivity index (χ1n) is 8.81. The van der Waals surface area contributed by atoms with E-state index in [9.17, 15) is 9.18 Å². The first kappa shape index (κ1) is 17.4. The van der Waals surface area contributed by atoms with E-state index in [0.717, 1.165) is 49.2 Å². The van der Waals surface area contributed by atoms with Crippen molar-refractivity contribution in [1.29, 1.82) is 0 Å². The average Bonchev–Trinajstić information content (AvgIpc) is 2.61. The third-order valence-electron chi connectivity index (χ3n) is 4.68. The van der Waals surface area contributed by atoms with Crippen molar-refractivity contribution >= 4 is 11.6 Å². The summed E-state index contributed by atoms with van der Waals surface area (Å²) in [6, 6.07) is 8.91. The minimum absolute atomic E-state index is 0.0829. The van der Waals surface area contributed by atoms with Gasteiger partial charge < -0.3 is 10.2 Å². The van der Waals surface area contributed by atoms with Crippen molar-refractivity contribution < 1.29 is 9.18 Å². The molecule has 2 aromatic rings. The standard InChI is InChI=1S/C20H24FN3O/c1-15-13-17(21)5-6-19(15)24-12-2-3-18(14-24)23-20(25)7-4-16-8-10-22-11-9-16/h5-6,8-11,13,18H,2-4,7,12,14H2,1H3,(H,23,25)/t18-/m0/s1. The summed E-state index contributed by atoms with van der Waals surface area (Å²) in [5.74, 6) is -0.126. The van der Waals surface area contributed by atoms with Crippen LogP contribution in [0.5, 0.6) is 0 Å². The fourth-order valence-corrected chi connectivity index (χ4v) is 3.39. The monoisotopic (exact) mass is 341 g/mol. The van der Waals surface area contributed by atoms with Crippen molar-refractivity contribution in [2.24, 2.45) is 0 Å². The highest BCUT2D eigenvalue weighted by atomic mass is 19.1. The smallest absolute Gasteiger partial charge is 0.220 e. The third kappa shape index (κ3) is 4.78. The summed E-state index contributed by atoms with van der Waals surface area (Å²) in [4.78, 5) is 18.5. The molecule has 0 spiro atoms. The van der Waals surface area contributed by atoms with Gasteiger partial charge in [-0.3, -0.25) is 9.78 Å². The van der Waals surface area contributed by atoms with Crippen molar-refractivity contribution in [3.05, 3.63) is 59.7 Å². The number of amides is 1. The number of anilines is 1. The van der Waals surface area contributed by atoms with Crippen LogP contribution in [0, 0.1) is 12.7 Å². The quantitative estimate of drug-likeness (QED) is 0.908. The molecule has 132 valence electrons. The van der Waals surface area contributed by atoms with E-state index in [1.165, 1.54) is 6.07 Å². The van der Waals surface area contributed by atoms with Crippen LogP contribution < -0.4 is 10.2 Å². The molecule has 1 atom stereocenters. The van der Waals surface area contributed by atoms with Gasteiger partial charge in [0, 0.05) is 43.6 Å². The highest BCUT2D eigenvalue weighted by molar-refractivity contribution is 5.76. The fraction of sp³-hybridized carbons (Fsp3) is 0.400. The largest absolute Gasteiger partial charge is 0.369 e.